The van der Waals surface area contributed by atoms with E-state index in [2.05, 4.69) is 42.9 Å². The van der Waals surface area contributed by atoms with E-state index in [0.717, 1.165) is 20.9 Å². The first-order chi connectivity index (χ1) is 6.72. The molecule has 0 bridgehead atoms. The molecule has 1 aromatic heterocycles. The predicted molar refractivity (Wildman–Crippen MR) is 73.7 cm³/mol. The molecule has 1 heterocycles. The van der Waals surface area contributed by atoms with E-state index in [1.807, 2.05) is 12.3 Å². The average molecular weight is 354 g/mol. The number of hydrogen-bond donors (Lipinski definition) is 2. The smallest absolute Gasteiger partial charge is 0.0601 e. The summed E-state index contributed by atoms with van der Waals surface area (Å²) in [4.78, 5) is 3.25. The number of hydrogen-bond acceptors (Lipinski definition) is 1. The summed E-state index contributed by atoms with van der Waals surface area (Å²) in [5.74, 6) is 0. The third-order valence-corrected chi connectivity index (χ3v) is 3.29. The van der Waals surface area contributed by atoms with Crippen LogP contribution in [0, 0.1) is 0 Å². The van der Waals surface area contributed by atoms with Gasteiger partial charge in [0, 0.05) is 20.5 Å². The van der Waals surface area contributed by atoms with Crippen LogP contribution in [0.15, 0.2) is 27.3 Å². The third-order valence-electron chi connectivity index (χ3n) is 2.21. The molecule has 0 radical (unpaired) electrons. The van der Waals surface area contributed by atoms with Gasteiger partial charge in [-0.05, 0) is 46.6 Å². The van der Waals surface area contributed by atoms with Crippen LogP contribution in [0.25, 0.3) is 10.9 Å². The summed E-state index contributed by atoms with van der Waals surface area (Å²) >= 11 is 7.00. The maximum Gasteiger partial charge on any atom is 0.0601 e. The molecular weight excluding hydrogens is 343 g/mol. The summed E-state index contributed by atoms with van der Waals surface area (Å²) in [6.07, 6.45) is 2.93. The summed E-state index contributed by atoms with van der Waals surface area (Å²) in [7, 11) is 0. The van der Waals surface area contributed by atoms with Crippen LogP contribution >= 0.6 is 44.3 Å². The highest BCUT2D eigenvalue weighted by Gasteiger charge is 2.06. The van der Waals surface area contributed by atoms with Crippen LogP contribution in [0.5, 0.6) is 0 Å². The number of benzene rings is 1. The second kappa shape index (κ2) is 5.34. The zero-order chi connectivity index (χ0) is 10.1. The lowest BCUT2D eigenvalue weighted by Gasteiger charge is -1.99. The molecule has 2 rings (SSSR count). The largest absolute Gasteiger partial charge is 0.360 e. The Balaban J connectivity index is 0.00000112. The van der Waals surface area contributed by atoms with Gasteiger partial charge >= 0.3 is 0 Å². The van der Waals surface area contributed by atoms with E-state index in [9.17, 15) is 0 Å². The zero-order valence-electron chi connectivity index (χ0n) is 7.89. The van der Waals surface area contributed by atoms with Crippen molar-refractivity contribution in [3.8, 4) is 0 Å². The average Bonchev–Trinajstić information content (AvgIpc) is 2.49. The molecule has 0 aliphatic carbocycles. The zero-order valence-corrected chi connectivity index (χ0v) is 11.9. The van der Waals surface area contributed by atoms with Crippen LogP contribution in [0.3, 0.4) is 0 Å². The maximum absolute atomic E-state index is 5.55. The lowest BCUT2D eigenvalue weighted by molar-refractivity contribution is 0.976. The van der Waals surface area contributed by atoms with Crippen LogP contribution in [0.2, 0.25) is 0 Å². The number of H-pyrrole nitrogens is 1. The normalized spacial score (nSPS) is 10.3. The minimum Gasteiger partial charge on any atom is -0.360 e. The SMILES string of the molecule is Cl.NCCc1c[nH]c2c(Br)cc(Br)cc12. The van der Waals surface area contributed by atoms with E-state index < -0.39 is 0 Å². The van der Waals surface area contributed by atoms with Gasteiger partial charge in [-0.15, -0.1) is 12.4 Å². The van der Waals surface area contributed by atoms with E-state index >= 15 is 0 Å². The molecule has 5 heteroatoms. The van der Waals surface area contributed by atoms with Gasteiger partial charge in [-0.1, -0.05) is 15.9 Å². The summed E-state index contributed by atoms with van der Waals surface area (Å²) < 4.78 is 2.15. The number of nitrogens with two attached hydrogens (primary N) is 1. The van der Waals surface area contributed by atoms with E-state index in [-0.39, 0.29) is 12.4 Å². The Kier molecular flexibility index (Phi) is 4.64. The fraction of sp³-hybridized carbons (Fsp3) is 0.200. The molecular formula is C10H11Br2ClN2. The van der Waals surface area contributed by atoms with Crippen LogP contribution < -0.4 is 5.73 Å². The minimum atomic E-state index is 0. The topological polar surface area (TPSA) is 41.8 Å². The first-order valence-electron chi connectivity index (χ1n) is 4.37. The van der Waals surface area contributed by atoms with Crippen LogP contribution in [-0.4, -0.2) is 11.5 Å². The molecule has 0 unspecified atom stereocenters. The Morgan fingerprint density at radius 2 is 2.00 bits per heavy atom. The van der Waals surface area contributed by atoms with Crippen molar-refractivity contribution >= 4 is 55.2 Å². The molecule has 0 fully saturated rings. The van der Waals surface area contributed by atoms with Crippen LogP contribution in [0.1, 0.15) is 5.56 Å². The van der Waals surface area contributed by atoms with Crippen molar-refractivity contribution in [2.24, 2.45) is 5.73 Å². The van der Waals surface area contributed by atoms with Crippen molar-refractivity contribution in [1.82, 2.24) is 4.98 Å². The summed E-state index contributed by atoms with van der Waals surface area (Å²) in [6.45, 7) is 0.678. The number of fused-ring (bicyclic) bond motifs is 1. The first kappa shape index (κ1) is 13.0. The summed E-state index contributed by atoms with van der Waals surface area (Å²) in [5.41, 5.74) is 7.95. The van der Waals surface area contributed by atoms with Crippen LogP contribution in [-0.2, 0) is 6.42 Å². The molecule has 0 amide bonds. The molecule has 0 spiro atoms. The van der Waals surface area contributed by atoms with Gasteiger partial charge in [0.05, 0.1) is 5.52 Å². The van der Waals surface area contributed by atoms with Gasteiger partial charge in [0.2, 0.25) is 0 Å². The Labute approximate surface area is 111 Å². The molecule has 0 aliphatic rings. The number of nitrogens with one attached hydrogen (secondary N) is 1. The highest BCUT2D eigenvalue weighted by molar-refractivity contribution is 9.11. The van der Waals surface area contributed by atoms with Gasteiger partial charge in [-0.25, -0.2) is 0 Å². The highest BCUT2D eigenvalue weighted by atomic mass is 79.9. The number of aromatic nitrogens is 1. The Morgan fingerprint density at radius 1 is 1.27 bits per heavy atom. The fourth-order valence-electron chi connectivity index (χ4n) is 1.57. The van der Waals surface area contributed by atoms with Crippen molar-refractivity contribution in [2.75, 3.05) is 6.54 Å². The van der Waals surface area contributed by atoms with Crippen molar-refractivity contribution < 1.29 is 0 Å². The highest BCUT2D eigenvalue weighted by Crippen LogP contribution is 2.29. The van der Waals surface area contributed by atoms with Crippen molar-refractivity contribution in [3.63, 3.8) is 0 Å². The predicted octanol–water partition coefficient (Wildman–Crippen LogP) is 3.62. The Bertz CT molecular complexity index is 468. The van der Waals surface area contributed by atoms with Crippen molar-refractivity contribution in [2.45, 2.75) is 6.42 Å². The molecule has 3 N–H and O–H groups in total. The number of halogens is 3. The van der Waals surface area contributed by atoms with Gasteiger partial charge < -0.3 is 10.7 Å². The van der Waals surface area contributed by atoms with E-state index in [1.54, 1.807) is 0 Å². The minimum absolute atomic E-state index is 0. The van der Waals surface area contributed by atoms with Gasteiger partial charge in [0.1, 0.15) is 0 Å². The van der Waals surface area contributed by atoms with Gasteiger partial charge in [0.15, 0.2) is 0 Å². The first-order valence-corrected chi connectivity index (χ1v) is 5.96. The second-order valence-electron chi connectivity index (χ2n) is 3.16. The molecule has 82 valence electrons. The van der Waals surface area contributed by atoms with Crippen LogP contribution in [0.4, 0.5) is 0 Å². The molecule has 1 aromatic carbocycles. The van der Waals surface area contributed by atoms with Crippen molar-refractivity contribution in [3.05, 3.63) is 32.8 Å². The molecule has 0 atom stereocenters. The molecule has 0 aliphatic heterocycles. The molecule has 0 saturated carbocycles. The monoisotopic (exact) mass is 352 g/mol. The Hall–Kier alpha value is -0.0300. The summed E-state index contributed by atoms with van der Waals surface area (Å²) in [6, 6.07) is 4.15. The number of aromatic amines is 1. The lowest BCUT2D eigenvalue weighted by Crippen LogP contribution is -2.01. The Morgan fingerprint density at radius 3 is 2.67 bits per heavy atom. The van der Waals surface area contributed by atoms with Gasteiger partial charge in [0.25, 0.3) is 0 Å². The maximum atomic E-state index is 5.55. The standard InChI is InChI=1S/C10H10Br2N2.ClH/c11-7-3-8-6(1-2-13)5-14-10(8)9(12)4-7;/h3-5,14H,1-2,13H2;1H. The van der Waals surface area contributed by atoms with E-state index in [4.69, 9.17) is 5.73 Å². The van der Waals surface area contributed by atoms with E-state index in [0.29, 0.717) is 6.54 Å². The van der Waals surface area contributed by atoms with Crippen molar-refractivity contribution in [1.29, 1.82) is 0 Å². The van der Waals surface area contributed by atoms with Gasteiger partial charge in [-0.3, -0.25) is 0 Å². The molecule has 0 saturated heterocycles. The quantitative estimate of drug-likeness (QED) is 0.850. The van der Waals surface area contributed by atoms with E-state index in [1.165, 1.54) is 10.9 Å². The number of rotatable bonds is 2. The second-order valence-corrected chi connectivity index (χ2v) is 4.93. The third kappa shape index (κ3) is 2.56. The molecule has 15 heavy (non-hydrogen) atoms. The fourth-order valence-corrected chi connectivity index (χ4v) is 2.91. The summed E-state index contributed by atoms with van der Waals surface area (Å²) in [5, 5.41) is 1.23. The molecule has 2 nitrogen and oxygen atoms in total. The lowest BCUT2D eigenvalue weighted by atomic mass is 10.1. The van der Waals surface area contributed by atoms with Gasteiger partial charge in [-0.2, -0.15) is 0 Å². The molecule has 2 aromatic rings.